The van der Waals surface area contributed by atoms with Crippen LogP contribution in [-0.2, 0) is 20.9 Å². The Labute approximate surface area is 259 Å². The normalized spacial score (nSPS) is 19.8. The average molecular weight is 649 g/mol. The molecule has 0 amide bonds. The third-order valence-electron chi connectivity index (χ3n) is 7.96. The average Bonchev–Trinajstić information content (AvgIpc) is 3.01. The summed E-state index contributed by atoms with van der Waals surface area (Å²) >= 11 is 3.44. The number of phenols is 1. The van der Waals surface area contributed by atoms with Crippen molar-refractivity contribution >= 4 is 33.4 Å². The Morgan fingerprint density at radius 2 is 1.70 bits per heavy atom. The van der Waals surface area contributed by atoms with Gasteiger partial charge in [-0.2, -0.15) is 0 Å². The number of carbonyl (C=O) groups excluding carboxylic acids is 2. The Hall–Kier alpha value is -4.11. The minimum absolute atomic E-state index is 0.0484. The van der Waals surface area contributed by atoms with Gasteiger partial charge in [-0.3, -0.25) is 14.6 Å². The van der Waals surface area contributed by atoms with E-state index >= 15 is 0 Å². The van der Waals surface area contributed by atoms with Gasteiger partial charge in [0.15, 0.2) is 28.8 Å². The van der Waals surface area contributed by atoms with Crippen molar-refractivity contribution in [3.8, 4) is 23.0 Å². The fourth-order valence-electron chi connectivity index (χ4n) is 5.92. The molecular weight excluding hydrogens is 614 g/mol. The molecule has 1 heterocycles. The Morgan fingerprint density at radius 3 is 2.40 bits per heavy atom. The Balaban J connectivity index is 1.57. The summed E-state index contributed by atoms with van der Waals surface area (Å²) in [6, 6.07) is 18.5. The summed E-state index contributed by atoms with van der Waals surface area (Å²) in [7, 11) is 3.16. The maximum atomic E-state index is 14.1. The Morgan fingerprint density at radius 1 is 0.977 bits per heavy atom. The summed E-state index contributed by atoms with van der Waals surface area (Å²) in [5, 5.41) is 10.6. The molecule has 2 aliphatic rings. The van der Waals surface area contributed by atoms with Gasteiger partial charge in [0, 0.05) is 29.3 Å². The zero-order valence-corrected chi connectivity index (χ0v) is 26.1. The lowest BCUT2D eigenvalue weighted by Gasteiger charge is -2.36. The molecule has 0 saturated heterocycles. The summed E-state index contributed by atoms with van der Waals surface area (Å²) < 4.78 is 22.8. The molecule has 1 aliphatic heterocycles. The summed E-state index contributed by atoms with van der Waals surface area (Å²) in [5.41, 5.74) is 4.14. The van der Waals surface area contributed by atoms with Gasteiger partial charge in [-0.15, -0.1) is 0 Å². The number of Topliss-reactive ketones (excluding diaryl/α,β-unsaturated/α-hetero) is 1. The van der Waals surface area contributed by atoms with Gasteiger partial charge in [-0.05, 0) is 83.1 Å². The number of halogens is 1. The minimum atomic E-state index is -0.838. The predicted molar refractivity (Wildman–Crippen MR) is 166 cm³/mol. The van der Waals surface area contributed by atoms with Crippen LogP contribution in [0.5, 0.6) is 23.0 Å². The number of allylic oxidation sites excluding steroid dienone is 2. The molecule has 0 aromatic heterocycles. The lowest BCUT2D eigenvalue weighted by molar-refractivity contribution is -0.148. The summed E-state index contributed by atoms with van der Waals surface area (Å²) in [6.45, 7) is 4.05. The summed E-state index contributed by atoms with van der Waals surface area (Å²) in [6.07, 6.45) is 0.747. The van der Waals surface area contributed by atoms with Gasteiger partial charge in [0.05, 0.1) is 25.3 Å². The van der Waals surface area contributed by atoms with Crippen molar-refractivity contribution in [3.63, 3.8) is 0 Å². The fraction of sp³-hybridized carbons (Fsp3) is 0.324. The quantitative estimate of drug-likeness (QED) is 0.252. The smallest absolute Gasteiger partial charge is 0.315 e. The van der Waals surface area contributed by atoms with Crippen LogP contribution < -0.4 is 14.2 Å². The second-order valence-corrected chi connectivity index (χ2v) is 11.4. The lowest BCUT2D eigenvalue weighted by Crippen LogP contribution is -2.38. The van der Waals surface area contributed by atoms with Gasteiger partial charge in [0.2, 0.25) is 0 Å². The van der Waals surface area contributed by atoms with Crippen LogP contribution in [-0.4, -0.2) is 43.4 Å². The van der Waals surface area contributed by atoms with Crippen LogP contribution in [0.3, 0.4) is 0 Å². The first-order valence-corrected chi connectivity index (χ1v) is 14.9. The third-order valence-corrected chi connectivity index (χ3v) is 8.56. The van der Waals surface area contributed by atoms with E-state index in [-0.39, 0.29) is 36.2 Å². The van der Waals surface area contributed by atoms with Crippen molar-refractivity contribution in [2.24, 2.45) is 10.9 Å². The van der Waals surface area contributed by atoms with Crippen LogP contribution in [0.15, 0.2) is 81.4 Å². The molecule has 3 aromatic carbocycles. The molecule has 0 fully saturated rings. The Bertz CT molecular complexity index is 1600. The van der Waals surface area contributed by atoms with Crippen LogP contribution in [0.25, 0.3) is 0 Å². The second kappa shape index (κ2) is 13.0. The number of hydrogen-bond donors (Lipinski definition) is 1. The Kier molecular flexibility index (Phi) is 9.20. The number of ketones is 1. The molecule has 9 heteroatoms. The second-order valence-electron chi connectivity index (χ2n) is 10.6. The van der Waals surface area contributed by atoms with Crippen molar-refractivity contribution in [2.45, 2.75) is 45.1 Å². The standard InChI is InChI=1S/C34H34BrNO7/c1-5-42-29-17-23(13-24(35)33(29)38)31-30(34(39)43-18-20-9-7-6-8-10-20)19(2)36-25-14-22(15-26(37)32(25)31)21-11-12-27(40-3)28(16-21)41-4/h6-13,16-17,22,30-31,38H,5,14-15,18H2,1-4H3. The van der Waals surface area contributed by atoms with Crippen LogP contribution in [0.1, 0.15) is 55.2 Å². The first-order chi connectivity index (χ1) is 20.7. The van der Waals surface area contributed by atoms with Crippen molar-refractivity contribution in [3.05, 3.63) is 93.1 Å². The maximum Gasteiger partial charge on any atom is 0.315 e. The van der Waals surface area contributed by atoms with E-state index in [1.165, 1.54) is 0 Å². The molecule has 0 saturated carbocycles. The van der Waals surface area contributed by atoms with E-state index in [2.05, 4.69) is 15.9 Å². The molecule has 1 N–H and O–H groups in total. The zero-order valence-electron chi connectivity index (χ0n) is 24.6. The van der Waals surface area contributed by atoms with Gasteiger partial charge < -0.3 is 24.1 Å². The van der Waals surface area contributed by atoms with E-state index in [4.69, 9.17) is 23.9 Å². The minimum Gasteiger partial charge on any atom is -0.503 e. The molecule has 0 spiro atoms. The number of nitrogens with zero attached hydrogens (tertiary/aromatic N) is 1. The molecule has 0 radical (unpaired) electrons. The number of phenolic OH excluding ortho intramolecular Hbond substituents is 1. The topological polar surface area (TPSA) is 104 Å². The third kappa shape index (κ3) is 6.18. The monoisotopic (exact) mass is 647 g/mol. The van der Waals surface area contributed by atoms with Gasteiger partial charge in [0.1, 0.15) is 12.5 Å². The molecular formula is C34H34BrNO7. The molecule has 1 aliphatic carbocycles. The van der Waals surface area contributed by atoms with Gasteiger partial charge in [-0.25, -0.2) is 0 Å². The number of carbonyl (C=O) groups is 2. The summed E-state index contributed by atoms with van der Waals surface area (Å²) in [5.74, 6) is -0.795. The van der Waals surface area contributed by atoms with Crippen LogP contribution in [0.4, 0.5) is 0 Å². The molecule has 3 aromatic rings. The predicted octanol–water partition coefficient (Wildman–Crippen LogP) is 6.89. The first-order valence-electron chi connectivity index (χ1n) is 14.1. The molecule has 0 bridgehead atoms. The zero-order chi connectivity index (χ0) is 30.7. The van der Waals surface area contributed by atoms with E-state index in [1.54, 1.807) is 33.3 Å². The largest absolute Gasteiger partial charge is 0.503 e. The highest BCUT2D eigenvalue weighted by Gasteiger charge is 2.45. The molecule has 224 valence electrons. The van der Waals surface area contributed by atoms with E-state index in [9.17, 15) is 14.7 Å². The number of aliphatic imine (C=N–C) groups is 1. The van der Waals surface area contributed by atoms with Crippen LogP contribution in [0.2, 0.25) is 0 Å². The molecule has 8 nitrogen and oxygen atoms in total. The van der Waals surface area contributed by atoms with E-state index in [0.717, 1.165) is 11.1 Å². The van der Waals surface area contributed by atoms with Gasteiger partial charge in [-0.1, -0.05) is 36.4 Å². The number of benzene rings is 3. The number of hydrogen-bond acceptors (Lipinski definition) is 8. The fourth-order valence-corrected chi connectivity index (χ4v) is 6.38. The van der Waals surface area contributed by atoms with Gasteiger partial charge in [0.25, 0.3) is 0 Å². The van der Waals surface area contributed by atoms with Crippen LogP contribution >= 0.6 is 15.9 Å². The number of methoxy groups -OCH3 is 2. The highest BCUT2D eigenvalue weighted by molar-refractivity contribution is 9.10. The number of esters is 1. The lowest BCUT2D eigenvalue weighted by atomic mass is 9.69. The number of rotatable bonds is 9. The molecule has 5 rings (SSSR count). The van der Waals surface area contributed by atoms with Crippen molar-refractivity contribution < 1.29 is 33.6 Å². The highest BCUT2D eigenvalue weighted by Crippen LogP contribution is 2.49. The molecule has 43 heavy (non-hydrogen) atoms. The van der Waals surface area contributed by atoms with Crippen molar-refractivity contribution in [2.75, 3.05) is 20.8 Å². The van der Waals surface area contributed by atoms with Crippen molar-refractivity contribution in [1.29, 1.82) is 0 Å². The summed E-state index contributed by atoms with van der Waals surface area (Å²) in [4.78, 5) is 32.7. The highest BCUT2D eigenvalue weighted by atomic mass is 79.9. The molecule has 3 unspecified atom stereocenters. The van der Waals surface area contributed by atoms with E-state index < -0.39 is 17.8 Å². The van der Waals surface area contributed by atoms with E-state index in [0.29, 0.717) is 51.5 Å². The number of aromatic hydroxyl groups is 1. The van der Waals surface area contributed by atoms with Crippen LogP contribution in [0, 0.1) is 5.92 Å². The first kappa shape index (κ1) is 30.4. The van der Waals surface area contributed by atoms with Crippen molar-refractivity contribution in [1.82, 2.24) is 0 Å². The maximum absolute atomic E-state index is 14.1. The van der Waals surface area contributed by atoms with Gasteiger partial charge >= 0.3 is 5.97 Å². The SMILES string of the molecule is CCOc1cc(C2C3=C(CC(c4ccc(OC)c(OC)c4)CC3=O)N=C(C)C2C(=O)OCc2ccccc2)cc(Br)c1O. The molecule has 3 atom stereocenters. The number of ether oxygens (including phenoxy) is 4. The van der Waals surface area contributed by atoms with E-state index in [1.807, 2.05) is 55.5 Å².